The van der Waals surface area contributed by atoms with E-state index in [-0.39, 0.29) is 24.6 Å². The number of carbonyl (C=O) groups is 5. The van der Waals surface area contributed by atoms with E-state index < -0.39 is 65.6 Å². The van der Waals surface area contributed by atoms with Gasteiger partial charge in [0, 0.05) is 30.9 Å². The highest BCUT2D eigenvalue weighted by atomic mass is 19.4. The first-order valence-corrected chi connectivity index (χ1v) is 14.6. The minimum atomic E-state index is -6.14. The van der Waals surface area contributed by atoms with Gasteiger partial charge in [0.25, 0.3) is 5.91 Å². The Morgan fingerprint density at radius 1 is 0.844 bits per heavy atom. The topological polar surface area (TPSA) is 137 Å². The van der Waals surface area contributed by atoms with Crippen LogP contribution in [0.1, 0.15) is 50.9 Å². The van der Waals surface area contributed by atoms with Gasteiger partial charge in [-0.25, -0.2) is 4.79 Å². The van der Waals surface area contributed by atoms with Crippen LogP contribution in [-0.2, 0) is 19.1 Å². The van der Waals surface area contributed by atoms with Crippen molar-refractivity contribution in [3.8, 4) is 0 Å². The lowest BCUT2D eigenvalue weighted by Gasteiger charge is -2.32. The second-order valence-electron chi connectivity index (χ2n) is 11.7. The highest BCUT2D eigenvalue weighted by molar-refractivity contribution is 6.00. The second-order valence-corrected chi connectivity index (χ2v) is 11.7. The molecule has 11 nitrogen and oxygen atoms in total. The third-order valence-corrected chi connectivity index (χ3v) is 7.67. The molecular formula is C29H38F5N5O6. The van der Waals surface area contributed by atoms with Crippen LogP contribution in [0.3, 0.4) is 0 Å². The van der Waals surface area contributed by atoms with Crippen LogP contribution in [0.2, 0.25) is 0 Å². The summed E-state index contributed by atoms with van der Waals surface area (Å²) < 4.78 is 71.4. The number of morpholine rings is 1. The summed E-state index contributed by atoms with van der Waals surface area (Å²) in [5.41, 5.74) is 0.619. The van der Waals surface area contributed by atoms with Crippen LogP contribution in [-0.4, -0.2) is 102 Å². The van der Waals surface area contributed by atoms with E-state index in [9.17, 15) is 45.9 Å². The molecule has 0 saturated carbocycles. The molecule has 3 atom stereocenters. The van der Waals surface area contributed by atoms with Crippen molar-refractivity contribution >= 4 is 35.2 Å². The van der Waals surface area contributed by atoms with Crippen LogP contribution in [0.25, 0.3) is 0 Å². The van der Waals surface area contributed by atoms with Crippen LogP contribution in [0, 0.1) is 11.8 Å². The molecule has 2 aliphatic rings. The lowest BCUT2D eigenvalue weighted by molar-refractivity contribution is -0.270. The minimum Gasteiger partial charge on any atom is -0.378 e. The van der Waals surface area contributed by atoms with Crippen molar-refractivity contribution in [1.29, 1.82) is 0 Å². The molecular weight excluding hydrogens is 609 g/mol. The van der Waals surface area contributed by atoms with Gasteiger partial charge in [-0.05, 0) is 48.9 Å². The minimum absolute atomic E-state index is 0.0621. The Bertz CT molecular complexity index is 1250. The number of hydrogen-bond donors (Lipinski definition) is 3. The maximum Gasteiger partial charge on any atom is 0.461 e. The maximum atomic E-state index is 13.8. The lowest BCUT2D eigenvalue weighted by Crippen LogP contribution is -2.60. The molecule has 1 aromatic carbocycles. The summed E-state index contributed by atoms with van der Waals surface area (Å²) in [5.74, 6) is -12.1. The molecule has 0 aromatic heterocycles. The zero-order valence-corrected chi connectivity index (χ0v) is 25.4. The van der Waals surface area contributed by atoms with E-state index in [1.807, 2.05) is 5.32 Å². The monoisotopic (exact) mass is 647 g/mol. The number of ether oxygens (including phenoxy) is 1. The molecule has 0 spiro atoms. The summed E-state index contributed by atoms with van der Waals surface area (Å²) in [4.78, 5) is 67.0. The van der Waals surface area contributed by atoms with Crippen LogP contribution in [0.4, 0.5) is 32.4 Å². The third-order valence-electron chi connectivity index (χ3n) is 7.67. The number of urea groups is 1. The Balaban J connectivity index is 1.68. The van der Waals surface area contributed by atoms with E-state index in [1.165, 1.54) is 38.1 Å². The Hall–Kier alpha value is -3.82. The first-order chi connectivity index (χ1) is 21.0. The van der Waals surface area contributed by atoms with Gasteiger partial charge in [-0.15, -0.1) is 0 Å². The molecule has 2 aliphatic heterocycles. The fourth-order valence-electron chi connectivity index (χ4n) is 5.01. The van der Waals surface area contributed by atoms with Crippen molar-refractivity contribution in [2.45, 2.75) is 70.8 Å². The molecule has 250 valence electrons. The van der Waals surface area contributed by atoms with Crippen molar-refractivity contribution < 1.29 is 50.7 Å². The number of Topliss-reactive ketones (excluding diaryl/α,β-unsaturated/α-hetero) is 1. The number of nitrogens with one attached hydrogen (secondary N) is 3. The van der Waals surface area contributed by atoms with Crippen molar-refractivity contribution in [2.24, 2.45) is 11.8 Å². The SMILES string of the molecule is CC(C)[C@H](NC(=O)c1ccc(NC(=O)N2CCOCC2)cc1)C(=O)N1CCC[C@H]1C(=O)N[C@H](C(=O)C(F)(F)C(F)(F)F)C(C)C. The van der Waals surface area contributed by atoms with Crippen LogP contribution in [0.5, 0.6) is 0 Å². The van der Waals surface area contributed by atoms with Gasteiger partial charge in [0.05, 0.1) is 19.3 Å². The lowest BCUT2D eigenvalue weighted by atomic mass is 9.95. The second kappa shape index (κ2) is 14.5. The van der Waals surface area contributed by atoms with Crippen LogP contribution < -0.4 is 16.0 Å². The number of hydrogen-bond acceptors (Lipinski definition) is 6. The van der Waals surface area contributed by atoms with Gasteiger partial charge < -0.3 is 30.5 Å². The fourth-order valence-corrected chi connectivity index (χ4v) is 5.01. The average Bonchev–Trinajstić information content (AvgIpc) is 3.48. The van der Waals surface area contributed by atoms with E-state index in [0.29, 0.717) is 38.4 Å². The van der Waals surface area contributed by atoms with Crippen molar-refractivity contribution in [1.82, 2.24) is 20.4 Å². The van der Waals surface area contributed by atoms with Crippen molar-refractivity contribution in [3.05, 3.63) is 29.8 Å². The van der Waals surface area contributed by atoms with E-state index in [0.717, 1.165) is 4.90 Å². The molecule has 16 heteroatoms. The number of benzene rings is 1. The van der Waals surface area contributed by atoms with Gasteiger partial charge in [0.1, 0.15) is 12.1 Å². The smallest absolute Gasteiger partial charge is 0.378 e. The quantitative estimate of drug-likeness (QED) is 0.334. The average molecular weight is 648 g/mol. The van der Waals surface area contributed by atoms with Gasteiger partial charge in [-0.3, -0.25) is 19.2 Å². The van der Waals surface area contributed by atoms with E-state index >= 15 is 0 Å². The number of amides is 5. The predicted molar refractivity (Wildman–Crippen MR) is 151 cm³/mol. The number of ketones is 1. The number of nitrogens with zero attached hydrogens (tertiary/aromatic N) is 2. The van der Waals surface area contributed by atoms with Gasteiger partial charge in [-0.1, -0.05) is 27.7 Å². The Morgan fingerprint density at radius 3 is 1.96 bits per heavy atom. The molecule has 1 aromatic rings. The predicted octanol–water partition coefficient (Wildman–Crippen LogP) is 3.20. The molecule has 2 heterocycles. The number of rotatable bonds is 10. The first-order valence-electron chi connectivity index (χ1n) is 14.6. The highest BCUT2D eigenvalue weighted by Crippen LogP contribution is 2.37. The summed E-state index contributed by atoms with van der Waals surface area (Å²) in [5, 5.41) is 7.38. The number of likely N-dealkylation sites (tertiary alicyclic amines) is 1. The Labute approximate surface area is 257 Å². The first kappa shape index (κ1) is 35.7. The molecule has 0 radical (unpaired) electrons. The summed E-state index contributed by atoms with van der Waals surface area (Å²) in [6.45, 7) is 7.56. The summed E-state index contributed by atoms with van der Waals surface area (Å²) in [6, 6.07) is 1.11. The van der Waals surface area contributed by atoms with Gasteiger partial charge in [0.2, 0.25) is 17.6 Å². The molecule has 3 rings (SSSR count). The van der Waals surface area contributed by atoms with E-state index in [4.69, 9.17) is 4.74 Å². The molecule has 2 saturated heterocycles. The number of anilines is 1. The molecule has 3 N–H and O–H groups in total. The number of carbonyl (C=O) groups excluding carboxylic acids is 5. The van der Waals surface area contributed by atoms with Crippen molar-refractivity contribution in [2.75, 3.05) is 38.2 Å². The zero-order valence-electron chi connectivity index (χ0n) is 25.4. The molecule has 5 amide bonds. The molecule has 0 unspecified atom stereocenters. The zero-order chi connectivity index (χ0) is 33.7. The van der Waals surface area contributed by atoms with Gasteiger partial charge >= 0.3 is 18.1 Å². The van der Waals surface area contributed by atoms with Crippen LogP contribution >= 0.6 is 0 Å². The fraction of sp³-hybridized carbons (Fsp3) is 0.621. The normalized spacial score (nSPS) is 18.9. The maximum absolute atomic E-state index is 13.8. The van der Waals surface area contributed by atoms with Crippen LogP contribution in [0.15, 0.2) is 24.3 Å². The molecule has 0 bridgehead atoms. The number of halogens is 5. The summed E-state index contributed by atoms with van der Waals surface area (Å²) in [6.07, 6.45) is -5.75. The summed E-state index contributed by atoms with van der Waals surface area (Å²) >= 11 is 0. The highest BCUT2D eigenvalue weighted by Gasteiger charge is 2.64. The Kier molecular flexibility index (Phi) is 11.5. The number of alkyl halides is 5. The summed E-state index contributed by atoms with van der Waals surface area (Å²) in [7, 11) is 0. The molecule has 0 aliphatic carbocycles. The van der Waals surface area contributed by atoms with E-state index in [2.05, 4.69) is 10.6 Å². The largest absolute Gasteiger partial charge is 0.461 e. The van der Waals surface area contributed by atoms with Crippen molar-refractivity contribution in [3.63, 3.8) is 0 Å². The molecule has 2 fully saturated rings. The van der Waals surface area contributed by atoms with Gasteiger partial charge in [-0.2, -0.15) is 22.0 Å². The Morgan fingerprint density at radius 2 is 1.42 bits per heavy atom. The standard InChI is InChI=1S/C29H38F5N5O6/c1-16(2)21(23(40)28(30,31)29(32,33)34)36-25(42)20-6-5-11-39(20)26(43)22(17(3)4)37-24(41)18-7-9-19(10-8-18)35-27(44)38-12-14-45-15-13-38/h7-10,16-17,20-22H,5-6,11-15H2,1-4H3,(H,35,44)(H,36,42)(H,37,41)/t20-,21-,22-/m0/s1. The molecule has 45 heavy (non-hydrogen) atoms. The van der Waals surface area contributed by atoms with Gasteiger partial charge in [0.15, 0.2) is 0 Å². The van der Waals surface area contributed by atoms with E-state index in [1.54, 1.807) is 18.7 Å². The third kappa shape index (κ3) is 8.47.